The Morgan fingerprint density at radius 2 is 1.94 bits per heavy atom. The molecular weight excluding hydrogens is 236 g/mol. The number of hydrogen-bond acceptors (Lipinski definition) is 4. The molecule has 0 saturated carbocycles. The predicted octanol–water partition coefficient (Wildman–Crippen LogP) is 0.636. The fourth-order valence-electron chi connectivity index (χ4n) is 2.71. The van der Waals surface area contributed by atoms with Crippen molar-refractivity contribution < 1.29 is 8.42 Å². The number of likely N-dealkylation sites (tertiary alicyclic amines) is 1. The third kappa shape index (κ3) is 3.42. The van der Waals surface area contributed by atoms with Crippen LogP contribution in [0.4, 0.5) is 0 Å². The maximum absolute atomic E-state index is 11.8. The monoisotopic (exact) mass is 260 g/mol. The van der Waals surface area contributed by atoms with Gasteiger partial charge in [-0.1, -0.05) is 0 Å². The number of rotatable bonds is 4. The topological polar surface area (TPSA) is 49.4 Å². The summed E-state index contributed by atoms with van der Waals surface area (Å²) in [4.78, 5) is 2.32. The van der Waals surface area contributed by atoms with Gasteiger partial charge in [0.05, 0.1) is 11.0 Å². The Balaban J connectivity index is 1.84. The van der Waals surface area contributed by atoms with Gasteiger partial charge in [0.25, 0.3) is 0 Å². The lowest BCUT2D eigenvalue weighted by Crippen LogP contribution is -2.38. The third-order valence-corrected chi connectivity index (χ3v) is 6.21. The van der Waals surface area contributed by atoms with Crippen LogP contribution >= 0.6 is 0 Å². The van der Waals surface area contributed by atoms with Crippen molar-refractivity contribution >= 4 is 9.84 Å². The highest BCUT2D eigenvalue weighted by Crippen LogP contribution is 2.20. The SMILES string of the molecule is CC(C)S(=O)(=O)CCN1CCC2CCC(C1)N2. The normalized spacial score (nSPS) is 30.8. The minimum Gasteiger partial charge on any atom is -0.310 e. The van der Waals surface area contributed by atoms with E-state index in [0.717, 1.165) is 19.5 Å². The van der Waals surface area contributed by atoms with Gasteiger partial charge in [0.2, 0.25) is 0 Å². The molecular formula is C12H24N2O2S. The van der Waals surface area contributed by atoms with Gasteiger partial charge in [0, 0.05) is 25.2 Å². The summed E-state index contributed by atoms with van der Waals surface area (Å²) in [6.07, 6.45) is 3.71. The van der Waals surface area contributed by atoms with Crippen LogP contribution in [0.5, 0.6) is 0 Å². The molecule has 0 aliphatic carbocycles. The number of nitrogens with zero attached hydrogens (tertiary/aromatic N) is 1. The molecule has 2 heterocycles. The van der Waals surface area contributed by atoms with Gasteiger partial charge >= 0.3 is 0 Å². The lowest BCUT2D eigenvalue weighted by atomic mass is 10.1. The lowest BCUT2D eigenvalue weighted by Gasteiger charge is -2.24. The molecule has 0 aromatic rings. The molecule has 2 rings (SSSR count). The van der Waals surface area contributed by atoms with Gasteiger partial charge in [0.15, 0.2) is 9.84 Å². The molecule has 2 aliphatic heterocycles. The molecule has 1 N–H and O–H groups in total. The van der Waals surface area contributed by atoms with E-state index in [1.54, 1.807) is 13.8 Å². The molecule has 5 heteroatoms. The minimum atomic E-state index is -2.88. The van der Waals surface area contributed by atoms with Gasteiger partial charge in [0.1, 0.15) is 0 Å². The van der Waals surface area contributed by atoms with E-state index in [1.165, 1.54) is 12.8 Å². The number of hydrogen-bond donors (Lipinski definition) is 1. The fraction of sp³-hybridized carbons (Fsp3) is 1.00. The van der Waals surface area contributed by atoms with Crippen molar-refractivity contribution in [1.29, 1.82) is 0 Å². The Bertz CT molecular complexity index is 354. The standard InChI is InChI=1S/C12H24N2O2S/c1-10(2)17(15,16)8-7-14-6-5-11-3-4-12(9-14)13-11/h10-13H,3-9H2,1-2H3. The van der Waals surface area contributed by atoms with Gasteiger partial charge in [-0.3, -0.25) is 0 Å². The highest BCUT2D eigenvalue weighted by Gasteiger charge is 2.29. The number of nitrogens with one attached hydrogen (secondary N) is 1. The van der Waals surface area contributed by atoms with Gasteiger partial charge in [-0.05, 0) is 39.7 Å². The summed E-state index contributed by atoms with van der Waals surface area (Å²) in [6, 6.07) is 1.26. The second-order valence-corrected chi connectivity index (χ2v) is 8.32. The first-order valence-electron chi connectivity index (χ1n) is 6.67. The van der Waals surface area contributed by atoms with Crippen molar-refractivity contribution in [3.05, 3.63) is 0 Å². The van der Waals surface area contributed by atoms with Crippen LogP contribution in [-0.4, -0.2) is 56.0 Å². The summed E-state index contributed by atoms with van der Waals surface area (Å²) >= 11 is 0. The van der Waals surface area contributed by atoms with Crippen molar-refractivity contribution in [2.24, 2.45) is 0 Å². The predicted molar refractivity (Wildman–Crippen MR) is 69.9 cm³/mol. The average molecular weight is 260 g/mol. The van der Waals surface area contributed by atoms with Crippen LogP contribution in [0.3, 0.4) is 0 Å². The number of sulfone groups is 1. The lowest BCUT2D eigenvalue weighted by molar-refractivity contribution is 0.272. The molecule has 2 unspecified atom stereocenters. The molecule has 100 valence electrons. The van der Waals surface area contributed by atoms with Gasteiger partial charge in [-0.15, -0.1) is 0 Å². The summed E-state index contributed by atoms with van der Waals surface area (Å²) in [5.74, 6) is 0.308. The first-order valence-corrected chi connectivity index (χ1v) is 8.39. The van der Waals surface area contributed by atoms with Crippen LogP contribution in [-0.2, 0) is 9.84 Å². The van der Waals surface area contributed by atoms with E-state index in [2.05, 4.69) is 10.2 Å². The molecule has 2 atom stereocenters. The quantitative estimate of drug-likeness (QED) is 0.806. The van der Waals surface area contributed by atoms with E-state index in [1.807, 2.05) is 0 Å². The molecule has 0 aromatic heterocycles. The van der Waals surface area contributed by atoms with Crippen LogP contribution in [0.2, 0.25) is 0 Å². The summed E-state index contributed by atoms with van der Waals surface area (Å²) in [5, 5.41) is 3.37. The maximum atomic E-state index is 11.8. The van der Waals surface area contributed by atoms with Crippen LogP contribution in [0.15, 0.2) is 0 Å². The smallest absolute Gasteiger partial charge is 0.153 e. The van der Waals surface area contributed by atoms with E-state index in [0.29, 0.717) is 24.4 Å². The fourth-order valence-corrected chi connectivity index (χ4v) is 3.69. The molecule has 2 aliphatic rings. The van der Waals surface area contributed by atoms with E-state index in [4.69, 9.17) is 0 Å². The van der Waals surface area contributed by atoms with E-state index >= 15 is 0 Å². The molecule has 0 radical (unpaired) electrons. The van der Waals surface area contributed by atoms with E-state index in [9.17, 15) is 8.42 Å². The molecule has 17 heavy (non-hydrogen) atoms. The highest BCUT2D eigenvalue weighted by atomic mass is 32.2. The Kier molecular flexibility index (Phi) is 4.10. The first kappa shape index (κ1) is 13.3. The number of fused-ring (bicyclic) bond motifs is 2. The largest absolute Gasteiger partial charge is 0.310 e. The zero-order valence-corrected chi connectivity index (χ0v) is 11.7. The summed E-state index contributed by atoms with van der Waals surface area (Å²) in [7, 11) is -2.88. The first-order chi connectivity index (χ1) is 7.97. The Labute approximate surface area is 105 Å². The van der Waals surface area contributed by atoms with Gasteiger partial charge in [-0.25, -0.2) is 8.42 Å². The summed E-state index contributed by atoms with van der Waals surface area (Å²) in [6.45, 7) is 6.29. The van der Waals surface area contributed by atoms with E-state index in [-0.39, 0.29) is 5.25 Å². The Hall–Kier alpha value is -0.130. The highest BCUT2D eigenvalue weighted by molar-refractivity contribution is 7.92. The second-order valence-electron chi connectivity index (χ2n) is 5.64. The van der Waals surface area contributed by atoms with Crippen molar-refractivity contribution in [2.45, 2.75) is 50.4 Å². The molecule has 0 amide bonds. The van der Waals surface area contributed by atoms with Crippen LogP contribution in [0.25, 0.3) is 0 Å². The molecule has 2 saturated heterocycles. The summed E-state index contributed by atoms with van der Waals surface area (Å²) in [5.41, 5.74) is 0. The van der Waals surface area contributed by atoms with Crippen molar-refractivity contribution in [3.8, 4) is 0 Å². The molecule has 2 bridgehead atoms. The van der Waals surface area contributed by atoms with Crippen molar-refractivity contribution in [3.63, 3.8) is 0 Å². The molecule has 0 aromatic carbocycles. The minimum absolute atomic E-state index is 0.246. The van der Waals surface area contributed by atoms with Crippen LogP contribution in [0, 0.1) is 0 Å². The zero-order valence-electron chi connectivity index (χ0n) is 10.9. The van der Waals surface area contributed by atoms with Gasteiger partial charge in [-0.2, -0.15) is 0 Å². The average Bonchev–Trinajstić information content (AvgIpc) is 2.57. The Morgan fingerprint density at radius 3 is 2.65 bits per heavy atom. The summed E-state index contributed by atoms with van der Waals surface area (Å²) < 4.78 is 23.6. The van der Waals surface area contributed by atoms with Crippen molar-refractivity contribution in [2.75, 3.05) is 25.4 Å². The van der Waals surface area contributed by atoms with Gasteiger partial charge < -0.3 is 10.2 Å². The third-order valence-electron chi connectivity index (χ3n) is 4.02. The van der Waals surface area contributed by atoms with E-state index < -0.39 is 9.84 Å². The zero-order chi connectivity index (χ0) is 12.5. The molecule has 2 fully saturated rings. The van der Waals surface area contributed by atoms with Crippen molar-refractivity contribution in [1.82, 2.24) is 10.2 Å². The Morgan fingerprint density at radius 1 is 1.24 bits per heavy atom. The van der Waals surface area contributed by atoms with Crippen LogP contribution < -0.4 is 5.32 Å². The second kappa shape index (κ2) is 5.24. The maximum Gasteiger partial charge on any atom is 0.153 e. The molecule has 0 spiro atoms. The van der Waals surface area contributed by atoms with Crippen LogP contribution in [0.1, 0.15) is 33.1 Å². The molecule has 4 nitrogen and oxygen atoms in total.